The van der Waals surface area contributed by atoms with E-state index in [4.69, 9.17) is 0 Å². The smallest absolute Gasteiger partial charge is 0.232 e. The van der Waals surface area contributed by atoms with Gasteiger partial charge in [0.2, 0.25) is 11.6 Å². The van der Waals surface area contributed by atoms with Gasteiger partial charge in [-0.05, 0) is 19.1 Å². The summed E-state index contributed by atoms with van der Waals surface area (Å²) in [7, 11) is 1.74. The van der Waals surface area contributed by atoms with Crippen molar-refractivity contribution < 1.29 is 4.79 Å². The van der Waals surface area contributed by atoms with Gasteiger partial charge in [0.1, 0.15) is 6.33 Å². The maximum absolute atomic E-state index is 12.0. The normalized spacial score (nSPS) is 10.3. The van der Waals surface area contributed by atoms with Crippen molar-refractivity contribution in [3.05, 3.63) is 41.7 Å². The van der Waals surface area contributed by atoms with Crippen LogP contribution in [0.4, 0.5) is 0 Å². The number of carbonyl (C=O) groups is 1. The van der Waals surface area contributed by atoms with E-state index in [1.165, 1.54) is 6.33 Å². The second-order valence-electron chi connectivity index (χ2n) is 3.23. The van der Waals surface area contributed by atoms with Crippen LogP contribution in [0.5, 0.6) is 0 Å². The lowest BCUT2D eigenvalue weighted by Crippen LogP contribution is -2.10. The Morgan fingerprint density at radius 3 is 2.87 bits per heavy atom. The van der Waals surface area contributed by atoms with Gasteiger partial charge in [-0.1, -0.05) is 0 Å². The quantitative estimate of drug-likeness (QED) is 0.674. The van der Waals surface area contributed by atoms with E-state index in [1.807, 2.05) is 0 Å². The van der Waals surface area contributed by atoms with Gasteiger partial charge in [0, 0.05) is 24.5 Å². The van der Waals surface area contributed by atoms with Crippen molar-refractivity contribution in [1.82, 2.24) is 19.7 Å². The Morgan fingerprint density at radius 1 is 1.47 bits per heavy atom. The van der Waals surface area contributed by atoms with Gasteiger partial charge in [0.05, 0.1) is 0 Å². The first-order valence-corrected chi connectivity index (χ1v) is 4.50. The first-order valence-electron chi connectivity index (χ1n) is 4.50. The monoisotopic (exact) mass is 202 g/mol. The Morgan fingerprint density at radius 2 is 2.27 bits per heavy atom. The van der Waals surface area contributed by atoms with Crippen LogP contribution in [0.15, 0.2) is 24.7 Å². The number of pyridine rings is 1. The molecule has 2 heterocycles. The fraction of sp³-hybridized carbons (Fsp3) is 0.200. The van der Waals surface area contributed by atoms with Crippen LogP contribution in [-0.2, 0) is 7.05 Å². The Kier molecular flexibility index (Phi) is 2.29. The first kappa shape index (κ1) is 9.51. The van der Waals surface area contributed by atoms with Crippen LogP contribution in [0.25, 0.3) is 0 Å². The number of ketones is 1. The number of aryl methyl sites for hydroxylation is 2. The van der Waals surface area contributed by atoms with Gasteiger partial charge >= 0.3 is 0 Å². The highest BCUT2D eigenvalue weighted by Crippen LogP contribution is 2.09. The molecule has 0 aliphatic carbocycles. The fourth-order valence-corrected chi connectivity index (χ4v) is 1.33. The Bertz CT molecular complexity index is 504. The summed E-state index contributed by atoms with van der Waals surface area (Å²) in [6.07, 6.45) is 3.15. The van der Waals surface area contributed by atoms with E-state index in [2.05, 4.69) is 15.2 Å². The molecule has 0 amide bonds. The molecule has 2 aromatic heterocycles. The first-order chi connectivity index (χ1) is 7.20. The average Bonchev–Trinajstić information content (AvgIpc) is 2.64. The molecule has 0 saturated heterocycles. The van der Waals surface area contributed by atoms with E-state index in [0.29, 0.717) is 17.1 Å². The Labute approximate surface area is 86.8 Å². The molecule has 0 spiro atoms. The number of aromatic nitrogens is 4. The molecule has 0 bridgehead atoms. The summed E-state index contributed by atoms with van der Waals surface area (Å²) in [5.74, 6) is 0.173. The lowest BCUT2D eigenvalue weighted by atomic mass is 10.1. The molecule has 15 heavy (non-hydrogen) atoms. The highest BCUT2D eigenvalue weighted by molar-refractivity contribution is 6.07. The molecule has 0 atom stereocenters. The molecule has 0 unspecified atom stereocenters. The van der Waals surface area contributed by atoms with Crippen LogP contribution in [0, 0.1) is 6.92 Å². The fourth-order valence-electron chi connectivity index (χ4n) is 1.33. The van der Waals surface area contributed by atoms with Gasteiger partial charge in [-0.25, -0.2) is 0 Å². The van der Waals surface area contributed by atoms with E-state index < -0.39 is 0 Å². The Balaban J connectivity index is 2.46. The van der Waals surface area contributed by atoms with E-state index in [-0.39, 0.29) is 5.78 Å². The largest absolute Gasteiger partial charge is 0.314 e. The highest BCUT2D eigenvalue weighted by atomic mass is 16.1. The van der Waals surface area contributed by atoms with E-state index in [1.54, 1.807) is 36.9 Å². The number of hydrogen-bond donors (Lipinski definition) is 0. The number of hydrogen-bond acceptors (Lipinski definition) is 4. The van der Waals surface area contributed by atoms with Gasteiger partial charge in [0.25, 0.3) is 0 Å². The third-order valence-electron chi connectivity index (χ3n) is 2.17. The molecule has 0 N–H and O–H groups in total. The summed E-state index contributed by atoms with van der Waals surface area (Å²) in [6.45, 7) is 1.80. The molecule has 0 aromatic carbocycles. The van der Waals surface area contributed by atoms with Crippen LogP contribution in [0.1, 0.15) is 21.9 Å². The average molecular weight is 202 g/mol. The molecule has 0 fully saturated rings. The molecule has 5 heteroatoms. The number of nitrogens with zero attached hydrogens (tertiary/aromatic N) is 4. The van der Waals surface area contributed by atoms with Crippen LogP contribution < -0.4 is 0 Å². The Hall–Kier alpha value is -2.04. The SMILES string of the molecule is Cc1ncccc1C(=O)c1nncn1C. The van der Waals surface area contributed by atoms with Gasteiger partial charge < -0.3 is 4.57 Å². The molecule has 0 aliphatic rings. The summed E-state index contributed by atoms with van der Waals surface area (Å²) in [5.41, 5.74) is 1.26. The van der Waals surface area contributed by atoms with Gasteiger partial charge in [0.15, 0.2) is 0 Å². The van der Waals surface area contributed by atoms with E-state index >= 15 is 0 Å². The molecule has 5 nitrogen and oxygen atoms in total. The second kappa shape index (κ2) is 3.61. The summed E-state index contributed by atoms with van der Waals surface area (Å²) in [6, 6.07) is 3.47. The minimum atomic E-state index is -0.152. The number of rotatable bonds is 2. The van der Waals surface area contributed by atoms with E-state index in [0.717, 1.165) is 0 Å². The van der Waals surface area contributed by atoms with Crippen molar-refractivity contribution in [2.75, 3.05) is 0 Å². The van der Waals surface area contributed by atoms with Gasteiger partial charge in [-0.15, -0.1) is 10.2 Å². The molecule has 0 saturated carbocycles. The van der Waals surface area contributed by atoms with Crippen LogP contribution in [0.2, 0.25) is 0 Å². The second-order valence-corrected chi connectivity index (χ2v) is 3.23. The van der Waals surface area contributed by atoms with Crippen molar-refractivity contribution in [3.8, 4) is 0 Å². The summed E-state index contributed by atoms with van der Waals surface area (Å²) >= 11 is 0. The van der Waals surface area contributed by atoms with Crippen LogP contribution in [0.3, 0.4) is 0 Å². The predicted octanol–water partition coefficient (Wildman–Crippen LogP) is 0.750. The topological polar surface area (TPSA) is 60.7 Å². The number of carbonyl (C=O) groups excluding carboxylic acids is 1. The molecule has 76 valence electrons. The third-order valence-corrected chi connectivity index (χ3v) is 2.17. The maximum atomic E-state index is 12.0. The minimum Gasteiger partial charge on any atom is -0.314 e. The zero-order chi connectivity index (χ0) is 10.8. The zero-order valence-corrected chi connectivity index (χ0v) is 8.51. The van der Waals surface area contributed by atoms with Crippen molar-refractivity contribution in [2.24, 2.45) is 7.05 Å². The molecule has 0 aliphatic heterocycles. The molecule has 0 radical (unpaired) electrons. The molecular weight excluding hydrogens is 192 g/mol. The van der Waals surface area contributed by atoms with Crippen LogP contribution in [-0.4, -0.2) is 25.5 Å². The minimum absolute atomic E-state index is 0.152. The predicted molar refractivity (Wildman–Crippen MR) is 53.4 cm³/mol. The summed E-state index contributed by atoms with van der Waals surface area (Å²) in [4.78, 5) is 16.0. The van der Waals surface area contributed by atoms with E-state index in [9.17, 15) is 4.79 Å². The molecule has 2 rings (SSSR count). The zero-order valence-electron chi connectivity index (χ0n) is 8.51. The summed E-state index contributed by atoms with van der Waals surface area (Å²) in [5, 5.41) is 7.44. The molecular formula is C10H10N4O. The third kappa shape index (κ3) is 1.63. The highest BCUT2D eigenvalue weighted by Gasteiger charge is 2.16. The lowest BCUT2D eigenvalue weighted by Gasteiger charge is -2.02. The van der Waals surface area contributed by atoms with Gasteiger partial charge in [-0.3, -0.25) is 9.78 Å². The summed E-state index contributed by atoms with van der Waals surface area (Å²) < 4.78 is 1.59. The van der Waals surface area contributed by atoms with Crippen molar-refractivity contribution in [1.29, 1.82) is 0 Å². The van der Waals surface area contributed by atoms with Crippen LogP contribution >= 0.6 is 0 Å². The van der Waals surface area contributed by atoms with Gasteiger partial charge in [-0.2, -0.15) is 0 Å². The van der Waals surface area contributed by atoms with Crippen molar-refractivity contribution >= 4 is 5.78 Å². The van der Waals surface area contributed by atoms with Crippen molar-refractivity contribution in [2.45, 2.75) is 6.92 Å². The standard InChI is InChI=1S/C10H10N4O/c1-7-8(4-3-5-11-7)9(15)10-13-12-6-14(10)2/h3-6H,1-2H3. The maximum Gasteiger partial charge on any atom is 0.232 e. The lowest BCUT2D eigenvalue weighted by molar-refractivity contribution is 0.102. The molecule has 2 aromatic rings. The van der Waals surface area contributed by atoms with Crippen molar-refractivity contribution in [3.63, 3.8) is 0 Å².